The molecule has 0 aliphatic carbocycles. The van der Waals surface area contributed by atoms with Crippen molar-refractivity contribution in [3.63, 3.8) is 0 Å². The minimum absolute atomic E-state index is 0.130. The number of sulfonamides is 1. The van der Waals surface area contributed by atoms with Gasteiger partial charge in [-0.05, 0) is 49.6 Å². The number of hydrogen-bond donors (Lipinski definition) is 2. The Morgan fingerprint density at radius 1 is 1.22 bits per heavy atom. The molecule has 23 heavy (non-hydrogen) atoms. The van der Waals surface area contributed by atoms with Crippen molar-refractivity contribution < 1.29 is 13.2 Å². The SMILES string of the molecule is O=C1NCCCC[C@@H]1NS(=O)(=O)c1ccc(-n2cccn2)cc1. The summed E-state index contributed by atoms with van der Waals surface area (Å²) in [4.78, 5) is 12.0. The lowest BCUT2D eigenvalue weighted by molar-refractivity contribution is -0.122. The number of hydrogen-bond acceptors (Lipinski definition) is 4. The van der Waals surface area contributed by atoms with E-state index < -0.39 is 16.1 Å². The third-order valence-electron chi connectivity index (χ3n) is 3.75. The molecule has 0 bridgehead atoms. The largest absolute Gasteiger partial charge is 0.355 e. The molecule has 1 fully saturated rings. The zero-order chi connectivity index (χ0) is 16.3. The predicted octanol–water partition coefficient (Wildman–Crippen LogP) is 0.819. The van der Waals surface area contributed by atoms with Crippen LogP contribution in [0.2, 0.25) is 0 Å². The zero-order valence-electron chi connectivity index (χ0n) is 12.5. The van der Waals surface area contributed by atoms with E-state index in [4.69, 9.17) is 0 Å². The maximum atomic E-state index is 12.4. The Bertz CT molecular complexity index is 770. The summed E-state index contributed by atoms with van der Waals surface area (Å²) in [5.74, 6) is -0.265. The average Bonchev–Trinajstić information content (AvgIpc) is 3.01. The van der Waals surface area contributed by atoms with Crippen LogP contribution in [0.3, 0.4) is 0 Å². The molecule has 1 aliphatic rings. The van der Waals surface area contributed by atoms with Crippen LogP contribution in [0.15, 0.2) is 47.6 Å². The van der Waals surface area contributed by atoms with Gasteiger partial charge in [-0.2, -0.15) is 9.82 Å². The van der Waals surface area contributed by atoms with Crippen LogP contribution in [-0.4, -0.2) is 36.7 Å². The molecule has 1 aromatic heterocycles. The van der Waals surface area contributed by atoms with Gasteiger partial charge < -0.3 is 5.32 Å². The van der Waals surface area contributed by atoms with Crippen molar-refractivity contribution in [3.8, 4) is 5.69 Å². The molecule has 122 valence electrons. The van der Waals surface area contributed by atoms with Gasteiger partial charge in [0.05, 0.1) is 10.6 Å². The second kappa shape index (κ2) is 6.51. The first-order chi connectivity index (χ1) is 11.1. The summed E-state index contributed by atoms with van der Waals surface area (Å²) in [6.45, 7) is 0.593. The van der Waals surface area contributed by atoms with Crippen molar-refractivity contribution in [2.45, 2.75) is 30.2 Å². The quantitative estimate of drug-likeness (QED) is 0.866. The highest BCUT2D eigenvalue weighted by molar-refractivity contribution is 7.89. The Hall–Kier alpha value is -2.19. The molecule has 1 aromatic carbocycles. The summed E-state index contributed by atoms with van der Waals surface area (Å²) in [5.41, 5.74) is 0.765. The molecule has 2 heterocycles. The van der Waals surface area contributed by atoms with E-state index in [0.29, 0.717) is 13.0 Å². The molecule has 0 radical (unpaired) electrons. The summed E-state index contributed by atoms with van der Waals surface area (Å²) < 4.78 is 29.0. The molecule has 1 aliphatic heterocycles. The number of rotatable bonds is 4. The fourth-order valence-electron chi connectivity index (χ4n) is 2.51. The Labute approximate surface area is 134 Å². The standard InChI is InChI=1S/C15H18N4O3S/c20-15-14(4-1-2-9-16-15)18-23(21,22)13-7-5-12(6-8-13)19-11-3-10-17-19/h3,5-8,10-11,14,18H,1-2,4,9H2,(H,16,20)/t14-/m0/s1. The van der Waals surface area contributed by atoms with Gasteiger partial charge in [0.2, 0.25) is 15.9 Å². The van der Waals surface area contributed by atoms with Gasteiger partial charge in [0, 0.05) is 18.9 Å². The molecule has 7 nitrogen and oxygen atoms in total. The third kappa shape index (κ3) is 3.59. The van der Waals surface area contributed by atoms with Gasteiger partial charge in [0.15, 0.2) is 0 Å². The van der Waals surface area contributed by atoms with Crippen molar-refractivity contribution >= 4 is 15.9 Å². The van der Waals surface area contributed by atoms with E-state index in [1.54, 1.807) is 35.3 Å². The molecular formula is C15H18N4O3S. The lowest BCUT2D eigenvalue weighted by Gasteiger charge is -2.15. The highest BCUT2D eigenvalue weighted by Crippen LogP contribution is 2.15. The summed E-state index contributed by atoms with van der Waals surface area (Å²) in [6, 6.07) is 7.44. The Morgan fingerprint density at radius 3 is 2.70 bits per heavy atom. The molecule has 1 saturated heterocycles. The first-order valence-electron chi connectivity index (χ1n) is 7.46. The number of nitrogens with one attached hydrogen (secondary N) is 2. The summed E-state index contributed by atoms with van der Waals surface area (Å²) in [6.07, 6.45) is 5.61. The van der Waals surface area contributed by atoms with Crippen LogP contribution in [-0.2, 0) is 14.8 Å². The van der Waals surface area contributed by atoms with E-state index in [1.165, 1.54) is 12.1 Å². The fraction of sp³-hybridized carbons (Fsp3) is 0.333. The fourth-order valence-corrected chi connectivity index (χ4v) is 3.74. The van der Waals surface area contributed by atoms with Crippen molar-refractivity contribution in [1.29, 1.82) is 0 Å². The van der Waals surface area contributed by atoms with E-state index in [9.17, 15) is 13.2 Å². The minimum Gasteiger partial charge on any atom is -0.355 e. The van der Waals surface area contributed by atoms with Crippen LogP contribution in [0, 0.1) is 0 Å². The van der Waals surface area contributed by atoms with Crippen LogP contribution in [0.4, 0.5) is 0 Å². The number of amides is 1. The molecule has 0 saturated carbocycles. The number of carbonyl (C=O) groups excluding carboxylic acids is 1. The molecule has 0 spiro atoms. The number of benzene rings is 1. The molecule has 1 atom stereocenters. The molecule has 1 amide bonds. The lowest BCUT2D eigenvalue weighted by atomic mass is 10.1. The van der Waals surface area contributed by atoms with Crippen molar-refractivity contribution in [3.05, 3.63) is 42.7 Å². The Kier molecular flexibility index (Phi) is 4.44. The highest BCUT2D eigenvalue weighted by atomic mass is 32.2. The predicted molar refractivity (Wildman–Crippen MR) is 84.5 cm³/mol. The lowest BCUT2D eigenvalue weighted by Crippen LogP contribution is -2.45. The van der Waals surface area contributed by atoms with Crippen molar-refractivity contribution in [2.24, 2.45) is 0 Å². The molecule has 2 N–H and O–H groups in total. The smallest absolute Gasteiger partial charge is 0.241 e. The van der Waals surface area contributed by atoms with Crippen LogP contribution in [0.25, 0.3) is 5.69 Å². The first-order valence-corrected chi connectivity index (χ1v) is 8.95. The summed E-state index contributed by atoms with van der Waals surface area (Å²) >= 11 is 0. The van der Waals surface area contributed by atoms with Crippen LogP contribution in [0.1, 0.15) is 19.3 Å². The average molecular weight is 334 g/mol. The molecule has 8 heteroatoms. The number of carbonyl (C=O) groups is 1. The Balaban J connectivity index is 1.78. The van der Waals surface area contributed by atoms with Gasteiger partial charge in [-0.25, -0.2) is 13.1 Å². The summed E-state index contributed by atoms with van der Waals surface area (Å²) in [7, 11) is -3.74. The van der Waals surface area contributed by atoms with Gasteiger partial charge >= 0.3 is 0 Å². The van der Waals surface area contributed by atoms with Gasteiger partial charge in [0.1, 0.15) is 6.04 Å². The monoisotopic (exact) mass is 334 g/mol. The van der Waals surface area contributed by atoms with E-state index >= 15 is 0 Å². The van der Waals surface area contributed by atoms with Crippen LogP contribution >= 0.6 is 0 Å². The molecule has 0 unspecified atom stereocenters. The van der Waals surface area contributed by atoms with Gasteiger partial charge in [-0.3, -0.25) is 4.79 Å². The maximum absolute atomic E-state index is 12.4. The minimum atomic E-state index is -3.74. The highest BCUT2D eigenvalue weighted by Gasteiger charge is 2.26. The maximum Gasteiger partial charge on any atom is 0.241 e. The van der Waals surface area contributed by atoms with Crippen LogP contribution < -0.4 is 10.0 Å². The van der Waals surface area contributed by atoms with E-state index in [-0.39, 0.29) is 10.8 Å². The van der Waals surface area contributed by atoms with Gasteiger partial charge in [-0.1, -0.05) is 0 Å². The molecular weight excluding hydrogens is 316 g/mol. The summed E-state index contributed by atoms with van der Waals surface area (Å²) in [5, 5.41) is 6.81. The van der Waals surface area contributed by atoms with E-state index in [2.05, 4.69) is 15.1 Å². The Morgan fingerprint density at radius 2 is 2.00 bits per heavy atom. The second-order valence-electron chi connectivity index (χ2n) is 5.41. The topological polar surface area (TPSA) is 93.1 Å². The number of nitrogens with zero attached hydrogens (tertiary/aromatic N) is 2. The normalized spacial score (nSPS) is 19.1. The second-order valence-corrected chi connectivity index (χ2v) is 7.12. The van der Waals surface area contributed by atoms with Crippen molar-refractivity contribution in [1.82, 2.24) is 19.8 Å². The third-order valence-corrected chi connectivity index (χ3v) is 5.24. The van der Waals surface area contributed by atoms with Gasteiger partial charge in [0.25, 0.3) is 0 Å². The zero-order valence-corrected chi connectivity index (χ0v) is 13.3. The molecule has 2 aromatic rings. The van der Waals surface area contributed by atoms with E-state index in [1.807, 2.05) is 0 Å². The number of aromatic nitrogens is 2. The first kappa shape index (κ1) is 15.7. The van der Waals surface area contributed by atoms with Gasteiger partial charge in [-0.15, -0.1) is 0 Å². The van der Waals surface area contributed by atoms with E-state index in [0.717, 1.165) is 18.5 Å². The van der Waals surface area contributed by atoms with Crippen LogP contribution in [0.5, 0.6) is 0 Å². The van der Waals surface area contributed by atoms with Crippen molar-refractivity contribution in [2.75, 3.05) is 6.54 Å². The molecule has 3 rings (SSSR count).